The zero-order valence-electron chi connectivity index (χ0n) is 13.2. The van der Waals surface area contributed by atoms with Crippen molar-refractivity contribution < 1.29 is 0 Å². The predicted octanol–water partition coefficient (Wildman–Crippen LogP) is 3.27. The Balaban J connectivity index is 2.62. The van der Waals surface area contributed by atoms with E-state index in [-0.39, 0.29) is 5.54 Å². The Kier molecular flexibility index (Phi) is 4.14. The van der Waals surface area contributed by atoms with E-state index in [0.717, 1.165) is 23.3 Å². The first-order valence-corrected chi connectivity index (χ1v) is 7.37. The van der Waals surface area contributed by atoms with Crippen LogP contribution in [0.15, 0.2) is 18.5 Å². The van der Waals surface area contributed by atoms with E-state index in [1.54, 1.807) is 0 Å². The minimum Gasteiger partial charge on any atom is -0.330 e. The summed E-state index contributed by atoms with van der Waals surface area (Å²) in [6.07, 6.45) is 4.73. The van der Waals surface area contributed by atoms with Gasteiger partial charge in [0.25, 0.3) is 0 Å². The average molecular weight is 274 g/mol. The summed E-state index contributed by atoms with van der Waals surface area (Å²) in [5, 5.41) is 0. The van der Waals surface area contributed by atoms with Gasteiger partial charge in [-0.1, -0.05) is 13.8 Å². The van der Waals surface area contributed by atoms with E-state index in [0.29, 0.717) is 18.4 Å². The Labute approximate surface area is 121 Å². The fourth-order valence-corrected chi connectivity index (χ4v) is 2.81. The van der Waals surface area contributed by atoms with Crippen molar-refractivity contribution in [2.24, 2.45) is 11.7 Å². The van der Waals surface area contributed by atoms with E-state index < -0.39 is 0 Å². The van der Waals surface area contributed by atoms with Gasteiger partial charge in [0.15, 0.2) is 0 Å². The van der Waals surface area contributed by atoms with Crippen molar-refractivity contribution in [2.75, 3.05) is 6.54 Å². The Morgan fingerprint density at radius 2 is 2.00 bits per heavy atom. The molecule has 0 aliphatic heterocycles. The molecule has 0 aliphatic carbocycles. The Hall–Kier alpha value is -1.42. The molecule has 1 unspecified atom stereocenters. The summed E-state index contributed by atoms with van der Waals surface area (Å²) >= 11 is 0. The van der Waals surface area contributed by atoms with E-state index >= 15 is 0 Å². The van der Waals surface area contributed by atoms with Crippen LogP contribution in [0.1, 0.15) is 52.8 Å². The summed E-state index contributed by atoms with van der Waals surface area (Å²) in [5.74, 6) is 1.99. The third-order valence-corrected chi connectivity index (χ3v) is 3.56. The molecule has 2 heterocycles. The standard InChI is InChI=1S/C16H26N4/c1-11(2)8-12(9-17)15-19-13-10-18-7-6-14(13)20(15)16(3,4)5/h6-7,10-12H,8-9,17H2,1-5H3. The molecule has 1 atom stereocenters. The maximum atomic E-state index is 6.02. The first kappa shape index (κ1) is 15.0. The van der Waals surface area contributed by atoms with Gasteiger partial charge in [-0.3, -0.25) is 4.98 Å². The van der Waals surface area contributed by atoms with Crippen LogP contribution in [0.5, 0.6) is 0 Å². The van der Waals surface area contributed by atoms with Crippen LogP contribution in [0.2, 0.25) is 0 Å². The van der Waals surface area contributed by atoms with Gasteiger partial charge >= 0.3 is 0 Å². The van der Waals surface area contributed by atoms with Crippen LogP contribution < -0.4 is 5.73 Å². The zero-order valence-corrected chi connectivity index (χ0v) is 13.2. The molecule has 2 aromatic heterocycles. The highest BCUT2D eigenvalue weighted by molar-refractivity contribution is 5.75. The monoisotopic (exact) mass is 274 g/mol. The molecule has 20 heavy (non-hydrogen) atoms. The largest absolute Gasteiger partial charge is 0.330 e. The quantitative estimate of drug-likeness (QED) is 0.931. The highest BCUT2D eigenvalue weighted by Gasteiger charge is 2.26. The first-order chi connectivity index (χ1) is 9.34. The lowest BCUT2D eigenvalue weighted by Gasteiger charge is -2.28. The summed E-state index contributed by atoms with van der Waals surface area (Å²) in [5.41, 5.74) is 8.10. The smallest absolute Gasteiger partial charge is 0.114 e. The molecule has 0 aliphatic rings. The number of nitrogens with zero attached hydrogens (tertiary/aromatic N) is 3. The van der Waals surface area contributed by atoms with Crippen molar-refractivity contribution in [3.05, 3.63) is 24.3 Å². The summed E-state index contributed by atoms with van der Waals surface area (Å²) in [7, 11) is 0. The number of rotatable bonds is 4. The van der Waals surface area contributed by atoms with Crippen molar-refractivity contribution in [2.45, 2.75) is 52.5 Å². The van der Waals surface area contributed by atoms with Crippen molar-refractivity contribution in [3.8, 4) is 0 Å². The van der Waals surface area contributed by atoms with Gasteiger partial charge in [-0.2, -0.15) is 0 Å². The second kappa shape index (κ2) is 5.52. The predicted molar refractivity (Wildman–Crippen MR) is 83.8 cm³/mol. The van der Waals surface area contributed by atoms with E-state index in [4.69, 9.17) is 10.7 Å². The molecule has 2 aromatic rings. The normalized spacial score (nSPS) is 14.2. The second-order valence-electron chi connectivity index (χ2n) is 6.90. The summed E-state index contributed by atoms with van der Waals surface area (Å²) in [4.78, 5) is 9.01. The van der Waals surface area contributed by atoms with Gasteiger partial charge < -0.3 is 10.3 Å². The molecule has 0 radical (unpaired) electrons. The molecular weight excluding hydrogens is 248 g/mol. The van der Waals surface area contributed by atoms with Crippen LogP contribution in [-0.2, 0) is 5.54 Å². The van der Waals surface area contributed by atoms with Gasteiger partial charge in [-0.05, 0) is 39.2 Å². The van der Waals surface area contributed by atoms with Gasteiger partial charge in [0.05, 0.1) is 11.7 Å². The number of pyridine rings is 1. The van der Waals surface area contributed by atoms with E-state index in [1.807, 2.05) is 18.5 Å². The number of aromatic nitrogens is 3. The lowest BCUT2D eigenvalue weighted by atomic mass is 9.95. The Morgan fingerprint density at radius 3 is 2.55 bits per heavy atom. The molecule has 0 spiro atoms. The molecule has 0 saturated carbocycles. The minimum atomic E-state index is -0.0180. The van der Waals surface area contributed by atoms with Gasteiger partial charge in [0.1, 0.15) is 11.3 Å². The second-order valence-corrected chi connectivity index (χ2v) is 6.90. The summed E-state index contributed by atoms with van der Waals surface area (Å²) < 4.78 is 2.32. The maximum Gasteiger partial charge on any atom is 0.114 e. The summed E-state index contributed by atoms with van der Waals surface area (Å²) in [6.45, 7) is 11.7. The third kappa shape index (κ3) is 2.85. The van der Waals surface area contributed by atoms with Gasteiger partial charge in [0.2, 0.25) is 0 Å². The molecule has 0 aromatic carbocycles. The molecular formula is C16H26N4. The fraction of sp³-hybridized carbons (Fsp3) is 0.625. The first-order valence-electron chi connectivity index (χ1n) is 7.37. The molecule has 4 heteroatoms. The minimum absolute atomic E-state index is 0.0180. The molecule has 0 fully saturated rings. The third-order valence-electron chi connectivity index (χ3n) is 3.56. The highest BCUT2D eigenvalue weighted by atomic mass is 15.1. The molecule has 0 saturated heterocycles. The summed E-state index contributed by atoms with van der Waals surface area (Å²) in [6, 6.07) is 2.04. The van der Waals surface area contributed by atoms with E-state index in [2.05, 4.69) is 44.2 Å². The topological polar surface area (TPSA) is 56.7 Å². The SMILES string of the molecule is CC(C)CC(CN)c1nc2cnccc2n1C(C)(C)C. The molecule has 4 nitrogen and oxygen atoms in total. The van der Waals surface area contributed by atoms with Gasteiger partial charge in [-0.25, -0.2) is 4.98 Å². The molecule has 0 bridgehead atoms. The van der Waals surface area contributed by atoms with Crippen LogP contribution in [0.4, 0.5) is 0 Å². The van der Waals surface area contributed by atoms with Crippen LogP contribution in [0.3, 0.4) is 0 Å². The fourth-order valence-electron chi connectivity index (χ4n) is 2.81. The lowest BCUT2D eigenvalue weighted by Crippen LogP contribution is -2.28. The van der Waals surface area contributed by atoms with Crippen LogP contribution >= 0.6 is 0 Å². The van der Waals surface area contributed by atoms with Gasteiger partial charge in [-0.15, -0.1) is 0 Å². The lowest BCUT2D eigenvalue weighted by molar-refractivity contribution is 0.370. The molecule has 2 rings (SSSR count). The van der Waals surface area contributed by atoms with Crippen LogP contribution in [0.25, 0.3) is 11.0 Å². The number of fused-ring (bicyclic) bond motifs is 1. The van der Waals surface area contributed by atoms with E-state index in [9.17, 15) is 0 Å². The molecule has 2 N–H and O–H groups in total. The number of hydrogen-bond donors (Lipinski definition) is 1. The Bertz CT molecular complexity index is 578. The molecule has 110 valence electrons. The number of nitrogens with two attached hydrogens (primary N) is 1. The van der Waals surface area contributed by atoms with Gasteiger partial charge in [0, 0.05) is 24.2 Å². The Morgan fingerprint density at radius 1 is 1.30 bits per heavy atom. The van der Waals surface area contributed by atoms with Crippen molar-refractivity contribution >= 4 is 11.0 Å². The zero-order chi connectivity index (χ0) is 14.9. The molecule has 0 amide bonds. The number of hydrogen-bond acceptors (Lipinski definition) is 3. The number of imidazole rings is 1. The van der Waals surface area contributed by atoms with Crippen molar-refractivity contribution in [1.29, 1.82) is 0 Å². The van der Waals surface area contributed by atoms with Crippen LogP contribution in [0, 0.1) is 5.92 Å². The average Bonchev–Trinajstić information content (AvgIpc) is 2.74. The van der Waals surface area contributed by atoms with Crippen molar-refractivity contribution in [1.82, 2.24) is 14.5 Å². The highest BCUT2D eigenvalue weighted by Crippen LogP contribution is 2.31. The maximum absolute atomic E-state index is 6.02. The van der Waals surface area contributed by atoms with Crippen LogP contribution in [-0.4, -0.2) is 21.1 Å². The van der Waals surface area contributed by atoms with E-state index in [1.165, 1.54) is 0 Å². The van der Waals surface area contributed by atoms with Crippen molar-refractivity contribution in [3.63, 3.8) is 0 Å².